The van der Waals surface area contributed by atoms with Crippen molar-refractivity contribution >= 4 is 38.4 Å². The molecule has 0 unspecified atom stereocenters. The molecular formula is C23H21N5S. The van der Waals surface area contributed by atoms with Gasteiger partial charge in [-0.25, -0.2) is 15.0 Å². The van der Waals surface area contributed by atoms with Crippen LogP contribution in [0.2, 0.25) is 0 Å². The van der Waals surface area contributed by atoms with Crippen LogP contribution in [0.1, 0.15) is 17.0 Å². The van der Waals surface area contributed by atoms with E-state index in [9.17, 15) is 0 Å². The van der Waals surface area contributed by atoms with Gasteiger partial charge in [0.05, 0.1) is 16.4 Å². The number of benzene rings is 2. The number of thiophene rings is 1. The largest absolute Gasteiger partial charge is 0.369 e. The van der Waals surface area contributed by atoms with E-state index in [-0.39, 0.29) is 0 Å². The van der Waals surface area contributed by atoms with Gasteiger partial charge in [-0.3, -0.25) is 0 Å². The summed E-state index contributed by atoms with van der Waals surface area (Å²) in [4.78, 5) is 18.0. The van der Waals surface area contributed by atoms with Crippen molar-refractivity contribution in [3.05, 3.63) is 71.1 Å². The molecule has 2 N–H and O–H groups in total. The van der Waals surface area contributed by atoms with Gasteiger partial charge in [-0.1, -0.05) is 30.3 Å². The molecule has 0 amide bonds. The number of rotatable bonds is 5. The molecule has 0 radical (unpaired) electrons. The van der Waals surface area contributed by atoms with Gasteiger partial charge >= 0.3 is 0 Å². The van der Waals surface area contributed by atoms with Gasteiger partial charge in [0, 0.05) is 23.9 Å². The number of aryl methyl sites for hydroxylation is 2. The van der Waals surface area contributed by atoms with Gasteiger partial charge in [-0.05, 0) is 42.7 Å². The van der Waals surface area contributed by atoms with Crippen LogP contribution in [-0.4, -0.2) is 26.5 Å². The number of anilines is 1. The van der Waals surface area contributed by atoms with Crippen LogP contribution in [0.4, 0.5) is 5.82 Å². The number of hydrogen-bond acceptors (Lipinski definition) is 5. The molecule has 2 aromatic carbocycles. The molecule has 144 valence electrons. The van der Waals surface area contributed by atoms with E-state index in [0.717, 1.165) is 45.9 Å². The second-order valence-electron chi connectivity index (χ2n) is 7.23. The molecule has 0 saturated heterocycles. The minimum Gasteiger partial charge on any atom is -0.369 e. The summed E-state index contributed by atoms with van der Waals surface area (Å²) < 4.78 is 0. The van der Waals surface area contributed by atoms with E-state index >= 15 is 0 Å². The molecule has 0 aliphatic heterocycles. The van der Waals surface area contributed by atoms with Crippen LogP contribution in [0.25, 0.3) is 32.4 Å². The van der Waals surface area contributed by atoms with Crippen molar-refractivity contribution in [1.82, 2.24) is 19.9 Å². The summed E-state index contributed by atoms with van der Waals surface area (Å²) in [5, 5.41) is 6.76. The molecule has 0 spiro atoms. The van der Waals surface area contributed by atoms with Crippen LogP contribution in [-0.2, 0) is 6.42 Å². The van der Waals surface area contributed by atoms with E-state index in [2.05, 4.69) is 68.7 Å². The Morgan fingerprint density at radius 1 is 1.03 bits per heavy atom. The molecule has 3 heterocycles. The van der Waals surface area contributed by atoms with E-state index in [1.807, 2.05) is 18.2 Å². The molecule has 0 saturated carbocycles. The Hall–Kier alpha value is -3.25. The van der Waals surface area contributed by atoms with Crippen molar-refractivity contribution in [2.24, 2.45) is 0 Å². The second-order valence-corrected chi connectivity index (χ2v) is 8.09. The fourth-order valence-electron chi connectivity index (χ4n) is 3.55. The van der Waals surface area contributed by atoms with Gasteiger partial charge in [-0.2, -0.15) is 0 Å². The lowest BCUT2D eigenvalue weighted by Gasteiger charge is -2.09. The van der Waals surface area contributed by atoms with Crippen molar-refractivity contribution in [3.8, 4) is 11.1 Å². The van der Waals surface area contributed by atoms with Gasteiger partial charge in [-0.15, -0.1) is 11.3 Å². The summed E-state index contributed by atoms with van der Waals surface area (Å²) in [6, 6.07) is 14.7. The van der Waals surface area contributed by atoms with Crippen LogP contribution in [0.5, 0.6) is 0 Å². The third-order valence-electron chi connectivity index (χ3n) is 5.28. The fourth-order valence-corrected chi connectivity index (χ4v) is 4.47. The van der Waals surface area contributed by atoms with Crippen LogP contribution in [0.15, 0.2) is 54.2 Å². The van der Waals surface area contributed by atoms with E-state index in [1.165, 1.54) is 22.3 Å². The highest BCUT2D eigenvalue weighted by molar-refractivity contribution is 7.17. The molecule has 3 aromatic heterocycles. The molecule has 0 aliphatic rings. The molecule has 5 aromatic rings. The molecule has 5 rings (SSSR count). The summed E-state index contributed by atoms with van der Waals surface area (Å²) in [7, 11) is 0. The highest BCUT2D eigenvalue weighted by Gasteiger charge is 2.13. The van der Waals surface area contributed by atoms with Crippen molar-refractivity contribution in [1.29, 1.82) is 0 Å². The number of aromatic amines is 1. The second kappa shape index (κ2) is 7.29. The molecule has 0 fully saturated rings. The zero-order valence-electron chi connectivity index (χ0n) is 16.4. The quantitative estimate of drug-likeness (QED) is 0.409. The Bertz CT molecular complexity index is 1280. The number of hydrogen-bond donors (Lipinski definition) is 2. The molecule has 5 nitrogen and oxygen atoms in total. The van der Waals surface area contributed by atoms with Crippen molar-refractivity contribution in [3.63, 3.8) is 0 Å². The van der Waals surface area contributed by atoms with Gasteiger partial charge < -0.3 is 10.3 Å². The average Bonchev–Trinajstić information content (AvgIpc) is 3.34. The number of imidazole rings is 1. The predicted octanol–water partition coefficient (Wildman–Crippen LogP) is 5.51. The molecule has 6 heteroatoms. The maximum Gasteiger partial charge on any atom is 0.138 e. The predicted molar refractivity (Wildman–Crippen MR) is 121 cm³/mol. The summed E-state index contributed by atoms with van der Waals surface area (Å²) in [6.45, 7) is 5.03. The van der Waals surface area contributed by atoms with E-state index in [4.69, 9.17) is 0 Å². The number of para-hydroxylation sites is 2. The Morgan fingerprint density at radius 3 is 2.79 bits per heavy atom. The first-order chi connectivity index (χ1) is 14.2. The first-order valence-corrected chi connectivity index (χ1v) is 10.5. The molecule has 0 atom stereocenters. The van der Waals surface area contributed by atoms with Crippen LogP contribution < -0.4 is 5.32 Å². The van der Waals surface area contributed by atoms with Gasteiger partial charge in [0.15, 0.2) is 0 Å². The van der Waals surface area contributed by atoms with Crippen LogP contribution in [0.3, 0.4) is 0 Å². The molecule has 0 bridgehead atoms. The number of H-pyrrole nitrogens is 1. The summed E-state index contributed by atoms with van der Waals surface area (Å²) in [5.74, 6) is 1.85. The first-order valence-electron chi connectivity index (χ1n) is 9.66. The Labute approximate surface area is 172 Å². The van der Waals surface area contributed by atoms with Gasteiger partial charge in [0.1, 0.15) is 22.8 Å². The van der Waals surface area contributed by atoms with E-state index < -0.39 is 0 Å². The van der Waals surface area contributed by atoms with E-state index in [0.29, 0.717) is 0 Å². The minimum absolute atomic E-state index is 0.744. The zero-order chi connectivity index (χ0) is 19.8. The van der Waals surface area contributed by atoms with Gasteiger partial charge in [0.25, 0.3) is 0 Å². The normalized spacial score (nSPS) is 11.4. The Morgan fingerprint density at radius 2 is 1.93 bits per heavy atom. The number of nitrogens with one attached hydrogen (secondary N) is 2. The first kappa shape index (κ1) is 17.8. The third kappa shape index (κ3) is 3.36. The lowest BCUT2D eigenvalue weighted by atomic mass is 10.0. The summed E-state index contributed by atoms with van der Waals surface area (Å²) in [5.41, 5.74) is 7.05. The standard InChI is InChI=1S/C23H21N5S/c1-14-7-8-16(11-15(14)2)17-12-29-23-21(17)22(25-13-26-23)24-10-9-20-27-18-5-3-4-6-19(18)28-20/h3-8,11-13H,9-10H2,1-2H3,(H,27,28)(H,24,25,26). The fraction of sp³-hybridized carbons (Fsp3) is 0.174. The van der Waals surface area contributed by atoms with Gasteiger partial charge in [0.2, 0.25) is 0 Å². The summed E-state index contributed by atoms with van der Waals surface area (Å²) >= 11 is 1.66. The number of aromatic nitrogens is 4. The highest BCUT2D eigenvalue weighted by Crippen LogP contribution is 2.37. The number of nitrogens with zero attached hydrogens (tertiary/aromatic N) is 3. The lowest BCUT2D eigenvalue weighted by Crippen LogP contribution is -2.07. The lowest BCUT2D eigenvalue weighted by molar-refractivity contribution is 0.929. The van der Waals surface area contributed by atoms with Crippen molar-refractivity contribution < 1.29 is 0 Å². The molecule has 29 heavy (non-hydrogen) atoms. The average molecular weight is 400 g/mol. The third-order valence-corrected chi connectivity index (χ3v) is 6.17. The monoisotopic (exact) mass is 399 g/mol. The van der Waals surface area contributed by atoms with Crippen LogP contribution in [0, 0.1) is 13.8 Å². The Kier molecular flexibility index (Phi) is 4.48. The maximum atomic E-state index is 4.65. The smallest absolute Gasteiger partial charge is 0.138 e. The maximum absolute atomic E-state index is 4.65. The summed E-state index contributed by atoms with van der Waals surface area (Å²) in [6.07, 6.45) is 2.43. The highest BCUT2D eigenvalue weighted by atomic mass is 32.1. The topological polar surface area (TPSA) is 66.5 Å². The van der Waals surface area contributed by atoms with E-state index in [1.54, 1.807) is 17.7 Å². The molecular weight excluding hydrogens is 378 g/mol. The minimum atomic E-state index is 0.744. The van der Waals surface area contributed by atoms with Crippen LogP contribution >= 0.6 is 11.3 Å². The van der Waals surface area contributed by atoms with Crippen molar-refractivity contribution in [2.45, 2.75) is 20.3 Å². The Balaban J connectivity index is 1.42. The van der Waals surface area contributed by atoms with Crippen molar-refractivity contribution in [2.75, 3.05) is 11.9 Å². The zero-order valence-corrected chi connectivity index (χ0v) is 17.2. The number of fused-ring (bicyclic) bond motifs is 2. The molecule has 0 aliphatic carbocycles. The SMILES string of the molecule is Cc1ccc(-c2csc3ncnc(NCCc4nc5ccccc5[nH]4)c23)cc1C.